The van der Waals surface area contributed by atoms with Crippen molar-refractivity contribution in [2.24, 2.45) is 4.99 Å². The topological polar surface area (TPSA) is 33.4 Å². The van der Waals surface area contributed by atoms with Crippen LogP contribution in [0.2, 0.25) is 0 Å². The van der Waals surface area contributed by atoms with E-state index in [0.717, 1.165) is 34.5 Å². The molecule has 29 heavy (non-hydrogen) atoms. The minimum absolute atomic E-state index is 0.0346. The molecule has 0 amide bonds. The number of aryl methyl sites for hydroxylation is 1. The van der Waals surface area contributed by atoms with Crippen LogP contribution < -0.4 is 0 Å². The van der Waals surface area contributed by atoms with Gasteiger partial charge in [-0.15, -0.1) is 0 Å². The third-order valence-corrected chi connectivity index (χ3v) is 6.84. The number of pyridine rings is 1. The Morgan fingerprint density at radius 3 is 2.72 bits per heavy atom. The fourth-order valence-electron chi connectivity index (χ4n) is 4.55. The number of aliphatic imine (C=N–C) groups is 1. The fraction of sp³-hybridized carbons (Fsp3) is 0.304. The van der Waals surface area contributed by atoms with E-state index in [0.29, 0.717) is 5.25 Å². The van der Waals surface area contributed by atoms with E-state index < -0.39 is 0 Å². The average Bonchev–Trinajstić information content (AvgIpc) is 3.32. The highest BCUT2D eigenvalue weighted by Crippen LogP contribution is 2.48. The third-order valence-electron chi connectivity index (χ3n) is 5.74. The van der Waals surface area contributed by atoms with Crippen LogP contribution in [0.3, 0.4) is 0 Å². The van der Waals surface area contributed by atoms with Gasteiger partial charge in [0.15, 0.2) is 5.17 Å². The zero-order chi connectivity index (χ0) is 20.1. The molecule has 0 radical (unpaired) electrons. The van der Waals surface area contributed by atoms with Crippen LogP contribution in [0.1, 0.15) is 41.7 Å². The van der Waals surface area contributed by atoms with Crippen LogP contribution in [-0.4, -0.2) is 31.4 Å². The number of aromatic nitrogens is 2. The maximum absolute atomic E-state index is 13.9. The van der Waals surface area contributed by atoms with Gasteiger partial charge in [-0.05, 0) is 55.8 Å². The lowest BCUT2D eigenvalue weighted by atomic mass is 9.96. The molecule has 148 valence electrons. The van der Waals surface area contributed by atoms with Crippen molar-refractivity contribution < 1.29 is 4.39 Å². The molecule has 1 saturated heterocycles. The smallest absolute Gasteiger partial charge is 0.160 e. The van der Waals surface area contributed by atoms with Crippen LogP contribution in [0.15, 0.2) is 59.7 Å². The molecule has 0 aliphatic carbocycles. The van der Waals surface area contributed by atoms with Crippen molar-refractivity contribution in [1.29, 1.82) is 0 Å². The van der Waals surface area contributed by atoms with Gasteiger partial charge in [-0.25, -0.2) is 4.39 Å². The average molecular weight is 407 g/mol. The number of rotatable bonds is 3. The van der Waals surface area contributed by atoms with Crippen LogP contribution in [0.5, 0.6) is 0 Å². The predicted octanol–water partition coefficient (Wildman–Crippen LogP) is 5.22. The van der Waals surface area contributed by atoms with E-state index in [4.69, 9.17) is 4.99 Å². The largest absolute Gasteiger partial charge is 0.341 e. The summed E-state index contributed by atoms with van der Waals surface area (Å²) in [4.78, 5) is 12.1. The molecule has 1 fully saturated rings. The zero-order valence-corrected chi connectivity index (χ0v) is 17.5. The second-order valence-electron chi connectivity index (χ2n) is 7.78. The second kappa shape index (κ2) is 7.02. The molecular weight excluding hydrogens is 383 g/mol. The molecule has 6 heteroatoms. The Hall–Kier alpha value is -2.60. The predicted molar refractivity (Wildman–Crippen MR) is 116 cm³/mol. The first-order valence-electron chi connectivity index (χ1n) is 9.89. The number of hydrogen-bond acceptors (Lipinski definition) is 4. The monoisotopic (exact) mass is 406 g/mol. The molecule has 0 bridgehead atoms. The molecule has 0 spiro atoms. The van der Waals surface area contributed by atoms with E-state index in [-0.39, 0.29) is 17.9 Å². The molecule has 0 N–H and O–H groups in total. The van der Waals surface area contributed by atoms with E-state index in [1.807, 2.05) is 36.2 Å². The Kier molecular flexibility index (Phi) is 4.46. The van der Waals surface area contributed by atoms with E-state index in [1.54, 1.807) is 12.1 Å². The maximum atomic E-state index is 13.9. The van der Waals surface area contributed by atoms with Crippen LogP contribution in [0, 0.1) is 19.7 Å². The minimum Gasteiger partial charge on any atom is -0.341 e. The quantitative estimate of drug-likeness (QED) is 0.598. The number of amidine groups is 1. The standard InChI is InChI=1S/C23H23FN4S/c1-14-11-19(16(3)28(14)18-8-6-7-17(24)12-18)22-21(20-9-4-5-10-25-20)26-23-27(22)13-15(2)29-23/h4-12,15,21-22H,13H2,1-3H3/t15-,21-,22+/m0/s1. The summed E-state index contributed by atoms with van der Waals surface area (Å²) in [6.07, 6.45) is 1.84. The van der Waals surface area contributed by atoms with Gasteiger partial charge < -0.3 is 9.47 Å². The molecule has 3 aromatic rings. The van der Waals surface area contributed by atoms with Crippen LogP contribution in [0.4, 0.5) is 4.39 Å². The van der Waals surface area contributed by atoms with Gasteiger partial charge in [0.1, 0.15) is 11.9 Å². The first-order chi connectivity index (χ1) is 14.0. The molecule has 1 aromatic carbocycles. The lowest BCUT2D eigenvalue weighted by molar-refractivity contribution is 0.320. The molecule has 4 nitrogen and oxygen atoms in total. The summed E-state index contributed by atoms with van der Waals surface area (Å²) in [6, 6.07) is 15.1. The Balaban J connectivity index is 1.63. The number of benzene rings is 1. The van der Waals surface area contributed by atoms with Gasteiger partial charge in [-0.3, -0.25) is 9.98 Å². The molecule has 2 aliphatic rings. The maximum Gasteiger partial charge on any atom is 0.160 e. The first kappa shape index (κ1) is 18.4. The highest BCUT2D eigenvalue weighted by molar-refractivity contribution is 8.14. The summed E-state index contributed by atoms with van der Waals surface area (Å²) >= 11 is 1.84. The van der Waals surface area contributed by atoms with Gasteiger partial charge in [0.05, 0.1) is 11.7 Å². The lowest BCUT2D eigenvalue weighted by Crippen LogP contribution is -2.28. The molecule has 4 heterocycles. The van der Waals surface area contributed by atoms with E-state index in [9.17, 15) is 4.39 Å². The number of thioether (sulfide) groups is 1. The fourth-order valence-corrected chi connectivity index (χ4v) is 5.65. The molecule has 3 atom stereocenters. The number of fused-ring (bicyclic) bond motifs is 1. The number of hydrogen-bond donors (Lipinski definition) is 0. The Labute approximate surface area is 174 Å². The molecule has 5 rings (SSSR count). The number of halogens is 1. The lowest BCUT2D eigenvalue weighted by Gasteiger charge is -2.27. The summed E-state index contributed by atoms with van der Waals surface area (Å²) < 4.78 is 16.0. The third kappa shape index (κ3) is 3.06. The molecular formula is C23H23FN4S. The van der Waals surface area contributed by atoms with Crippen molar-refractivity contribution in [2.75, 3.05) is 6.54 Å². The Bertz CT molecular complexity index is 1090. The molecule has 2 aliphatic heterocycles. The van der Waals surface area contributed by atoms with Crippen molar-refractivity contribution in [2.45, 2.75) is 38.1 Å². The van der Waals surface area contributed by atoms with Crippen molar-refractivity contribution in [3.05, 3.63) is 83.2 Å². The molecule has 0 saturated carbocycles. The van der Waals surface area contributed by atoms with Crippen molar-refractivity contribution in [3.63, 3.8) is 0 Å². The molecule has 0 unspecified atom stereocenters. The molecule has 2 aromatic heterocycles. The summed E-state index contributed by atoms with van der Waals surface area (Å²) in [5.41, 5.74) is 5.29. The number of nitrogens with zero attached hydrogens (tertiary/aromatic N) is 4. The zero-order valence-electron chi connectivity index (χ0n) is 16.7. The van der Waals surface area contributed by atoms with Crippen molar-refractivity contribution in [1.82, 2.24) is 14.5 Å². The second-order valence-corrected chi connectivity index (χ2v) is 9.18. The highest BCUT2D eigenvalue weighted by atomic mass is 32.2. The van der Waals surface area contributed by atoms with Gasteiger partial charge in [0, 0.05) is 35.1 Å². The van der Waals surface area contributed by atoms with Gasteiger partial charge in [-0.2, -0.15) is 0 Å². The summed E-state index contributed by atoms with van der Waals surface area (Å²) in [7, 11) is 0. The van der Waals surface area contributed by atoms with E-state index in [1.165, 1.54) is 11.6 Å². The van der Waals surface area contributed by atoms with Crippen molar-refractivity contribution >= 4 is 16.9 Å². The van der Waals surface area contributed by atoms with Crippen LogP contribution in [-0.2, 0) is 0 Å². The highest BCUT2D eigenvalue weighted by Gasteiger charge is 2.44. The minimum atomic E-state index is -0.223. The van der Waals surface area contributed by atoms with Crippen LogP contribution in [0.25, 0.3) is 5.69 Å². The summed E-state index contributed by atoms with van der Waals surface area (Å²) in [6.45, 7) is 7.41. The Morgan fingerprint density at radius 2 is 1.97 bits per heavy atom. The summed E-state index contributed by atoms with van der Waals surface area (Å²) in [5, 5.41) is 1.63. The van der Waals surface area contributed by atoms with Gasteiger partial charge >= 0.3 is 0 Å². The summed E-state index contributed by atoms with van der Waals surface area (Å²) in [5.74, 6) is -0.223. The normalized spacial score (nSPS) is 23.4. The van der Waals surface area contributed by atoms with E-state index in [2.05, 4.69) is 47.4 Å². The van der Waals surface area contributed by atoms with Crippen molar-refractivity contribution in [3.8, 4) is 5.69 Å². The van der Waals surface area contributed by atoms with Crippen LogP contribution >= 0.6 is 11.8 Å². The SMILES string of the molecule is Cc1cc([C@@H]2[C@H](c3ccccn3)N=C3S[C@@H](C)CN32)c(C)n1-c1cccc(F)c1. The van der Waals surface area contributed by atoms with Gasteiger partial charge in [0.25, 0.3) is 0 Å². The first-order valence-corrected chi connectivity index (χ1v) is 10.8. The van der Waals surface area contributed by atoms with Gasteiger partial charge in [-0.1, -0.05) is 30.8 Å². The van der Waals surface area contributed by atoms with E-state index >= 15 is 0 Å². The Morgan fingerprint density at radius 1 is 1.10 bits per heavy atom. The van der Waals surface area contributed by atoms with Gasteiger partial charge in [0.2, 0.25) is 0 Å².